The summed E-state index contributed by atoms with van der Waals surface area (Å²) in [6, 6.07) is 0. The molecule has 0 saturated carbocycles. The van der Waals surface area contributed by atoms with Gasteiger partial charge < -0.3 is 0 Å². The Labute approximate surface area is 70.4 Å². The maximum Gasteiger partial charge on any atom is 0 e. The first-order chi connectivity index (χ1) is 0. The maximum atomic E-state index is 0. The van der Waals surface area contributed by atoms with Crippen molar-refractivity contribution in [2.24, 2.45) is 0 Å². The summed E-state index contributed by atoms with van der Waals surface area (Å²) in [6.07, 6.45) is 0. The van der Waals surface area contributed by atoms with E-state index >= 15 is 0 Å². The minimum absolute atomic E-state index is 0. The van der Waals surface area contributed by atoms with E-state index in [2.05, 4.69) is 0 Å². The van der Waals surface area contributed by atoms with Crippen molar-refractivity contribution in [2.45, 2.75) is 0 Å². The van der Waals surface area contributed by atoms with Gasteiger partial charge in [0.2, 0.25) is 0 Å². The Hall–Kier alpha value is 2.19. The summed E-state index contributed by atoms with van der Waals surface area (Å²) in [4.78, 5) is 0. The van der Waals surface area contributed by atoms with Gasteiger partial charge in [0.15, 0.2) is 0 Å². The van der Waals surface area contributed by atoms with E-state index in [9.17, 15) is 0 Å². The molecule has 42 valence electrons. The summed E-state index contributed by atoms with van der Waals surface area (Å²) >= 11 is 0. The average molecular weight is 292 g/mol. The molecule has 0 aliphatic rings. The molecule has 2 radical (unpaired) electrons. The average Bonchev–Trinajstić information content (AvgIpc) is 0. The Kier molecular flexibility index (Phi) is 165. The van der Waals surface area contributed by atoms with Gasteiger partial charge in [-0.3, -0.25) is 0 Å². The molecule has 0 aliphatic carbocycles. The first kappa shape index (κ1) is 34.7. The Morgan fingerprint density at radius 1 is 0.750 bits per heavy atom. The van der Waals surface area contributed by atoms with Crippen LogP contribution in [0.25, 0.3) is 0 Å². The van der Waals surface area contributed by atoms with E-state index in [1.165, 1.54) is 0 Å². The van der Waals surface area contributed by atoms with Gasteiger partial charge in [-0.15, -0.1) is 0 Å². The zero-order valence-corrected chi connectivity index (χ0v) is 5.66. The van der Waals surface area contributed by atoms with Gasteiger partial charge in [-0.05, 0) is 0 Å². The fourth-order valence-corrected chi connectivity index (χ4v) is 0. The summed E-state index contributed by atoms with van der Waals surface area (Å²) in [5.74, 6) is 0. The number of hydrogen-bond acceptors (Lipinski definition) is 0. The summed E-state index contributed by atoms with van der Waals surface area (Å²) in [5.41, 5.74) is 0. The van der Waals surface area contributed by atoms with E-state index in [1.54, 1.807) is 0 Å². The van der Waals surface area contributed by atoms with E-state index in [4.69, 9.17) is 0 Å². The first-order valence-electron chi connectivity index (χ1n) is 0. The molecule has 0 saturated heterocycles. The van der Waals surface area contributed by atoms with Crippen molar-refractivity contribution in [3.63, 3.8) is 0 Å². The van der Waals surface area contributed by atoms with Gasteiger partial charge in [-0.25, -0.2) is 0 Å². The molecule has 0 bridgehead atoms. The molecule has 0 spiro atoms. The van der Waals surface area contributed by atoms with Crippen LogP contribution in [0.3, 0.4) is 0 Å². The van der Waals surface area contributed by atoms with Crippen molar-refractivity contribution in [3.05, 3.63) is 0 Å². The third-order valence-electron chi connectivity index (χ3n) is 0. The smallest absolute Gasteiger partial charge is 0 e. The molecule has 0 rings (SSSR count). The minimum atomic E-state index is 0. The Morgan fingerprint density at radius 2 is 0.750 bits per heavy atom. The van der Waals surface area contributed by atoms with Crippen LogP contribution in [0.1, 0.15) is 0 Å². The van der Waals surface area contributed by atoms with Gasteiger partial charge in [0.25, 0.3) is 0 Å². The molecule has 0 aliphatic heterocycles. The van der Waals surface area contributed by atoms with Crippen molar-refractivity contribution >= 4 is 0 Å². The molecule has 0 amide bonds. The van der Waals surface area contributed by atoms with E-state index in [-0.39, 0.29) is 71.1 Å². The maximum absolute atomic E-state index is 0. The molecule has 0 atom stereocenters. The normalized spacial score (nSPS) is 0. The van der Waals surface area contributed by atoms with E-state index in [0.717, 1.165) is 0 Å². The van der Waals surface area contributed by atoms with E-state index < -0.39 is 0 Å². The molecular weight excluding hydrogens is 292 g/mol. The second-order valence-corrected chi connectivity index (χ2v) is 0. The SMILES string of the molecule is [Cu].[Cu].[Ni].[Pd]. The quantitative estimate of drug-likeness (QED) is 0.551. The zero-order valence-electron chi connectivity index (χ0n) is 1.24. The van der Waals surface area contributed by atoms with Crippen LogP contribution in [0.4, 0.5) is 0 Å². The third kappa shape index (κ3) is 8.89. The van der Waals surface area contributed by atoms with Gasteiger partial charge in [0.05, 0.1) is 0 Å². The van der Waals surface area contributed by atoms with Crippen LogP contribution in [-0.4, -0.2) is 0 Å². The standard InChI is InChI=1S/2Cu.Ni.Pd. The second kappa shape index (κ2) is 19.0. The molecule has 0 fully saturated rings. The molecule has 0 N–H and O–H groups in total. The topological polar surface area (TPSA) is 0 Å². The molecular formula is Cu2NiPd. The van der Waals surface area contributed by atoms with Crippen LogP contribution in [-0.2, 0) is 71.1 Å². The van der Waals surface area contributed by atoms with Gasteiger partial charge in [-0.2, -0.15) is 0 Å². The predicted octanol–water partition coefficient (Wildman–Crippen LogP) is -0.0100. The molecule has 0 aromatic carbocycles. The molecule has 4 heteroatoms. The molecule has 4 heavy (non-hydrogen) atoms. The number of hydrogen-bond donors (Lipinski definition) is 0. The third-order valence-corrected chi connectivity index (χ3v) is 0. The van der Waals surface area contributed by atoms with Crippen molar-refractivity contribution in [1.82, 2.24) is 0 Å². The van der Waals surface area contributed by atoms with Gasteiger partial charge >= 0.3 is 0 Å². The van der Waals surface area contributed by atoms with Crippen molar-refractivity contribution in [3.8, 4) is 0 Å². The first-order valence-corrected chi connectivity index (χ1v) is 0. The summed E-state index contributed by atoms with van der Waals surface area (Å²) < 4.78 is 0. The van der Waals surface area contributed by atoms with Crippen molar-refractivity contribution in [1.29, 1.82) is 0 Å². The number of rotatable bonds is 0. The molecule has 0 aromatic heterocycles. The molecule has 0 unspecified atom stereocenters. The summed E-state index contributed by atoms with van der Waals surface area (Å²) in [5, 5.41) is 0. The molecule has 0 aromatic rings. The van der Waals surface area contributed by atoms with Crippen LogP contribution >= 0.6 is 0 Å². The van der Waals surface area contributed by atoms with Crippen LogP contribution in [0, 0.1) is 0 Å². The Balaban J connectivity index is 0. The van der Waals surface area contributed by atoms with Gasteiger partial charge in [-0.1, -0.05) is 0 Å². The Bertz CT molecular complexity index is 6.00. The van der Waals surface area contributed by atoms with Gasteiger partial charge in [0.1, 0.15) is 0 Å². The summed E-state index contributed by atoms with van der Waals surface area (Å²) in [7, 11) is 0. The van der Waals surface area contributed by atoms with Crippen molar-refractivity contribution in [2.75, 3.05) is 0 Å². The van der Waals surface area contributed by atoms with Gasteiger partial charge in [0, 0.05) is 71.1 Å². The zero-order chi connectivity index (χ0) is 0. The van der Waals surface area contributed by atoms with Crippen LogP contribution < -0.4 is 0 Å². The Morgan fingerprint density at radius 3 is 0.750 bits per heavy atom. The summed E-state index contributed by atoms with van der Waals surface area (Å²) in [6.45, 7) is 0. The largest absolute Gasteiger partial charge is 0 e. The minimum Gasteiger partial charge on any atom is 0 e. The van der Waals surface area contributed by atoms with Crippen LogP contribution in [0.15, 0.2) is 0 Å². The predicted molar refractivity (Wildman–Crippen MR) is 0 cm³/mol. The fraction of sp³-hybridized carbons (Fsp3) is 0. The fourth-order valence-electron chi connectivity index (χ4n) is 0. The molecule has 0 nitrogen and oxygen atoms in total. The van der Waals surface area contributed by atoms with Crippen molar-refractivity contribution < 1.29 is 71.1 Å². The van der Waals surface area contributed by atoms with E-state index in [0.29, 0.717) is 0 Å². The second-order valence-electron chi connectivity index (χ2n) is 0. The van der Waals surface area contributed by atoms with E-state index in [1.807, 2.05) is 0 Å². The van der Waals surface area contributed by atoms with Crippen LogP contribution in [0.2, 0.25) is 0 Å². The molecule has 0 heterocycles. The van der Waals surface area contributed by atoms with Crippen LogP contribution in [0.5, 0.6) is 0 Å². The monoisotopic (exact) mass is 290 g/mol.